The summed E-state index contributed by atoms with van der Waals surface area (Å²) in [5.41, 5.74) is 0.650. The molecule has 0 atom stereocenters. The van der Waals surface area contributed by atoms with Crippen LogP contribution < -0.4 is 0 Å². The van der Waals surface area contributed by atoms with E-state index in [1.54, 1.807) is 6.20 Å². The minimum atomic E-state index is -1.00. The summed E-state index contributed by atoms with van der Waals surface area (Å²) in [6.45, 7) is 0. The summed E-state index contributed by atoms with van der Waals surface area (Å²) in [7, 11) is 0. The third-order valence-corrected chi connectivity index (χ3v) is 2.17. The molecule has 2 heterocycles. The second kappa shape index (κ2) is 3.45. The van der Waals surface area contributed by atoms with E-state index >= 15 is 0 Å². The highest BCUT2D eigenvalue weighted by Gasteiger charge is 2.05. The standard InChI is InChI=1S/C8H4IN3O2/c9-8-11-2-4-1-5(7(13)14)3-10-6(4)12-8/h1-3H,(H,13,14). The summed E-state index contributed by atoms with van der Waals surface area (Å²) in [5, 5.41) is 9.35. The molecule has 14 heavy (non-hydrogen) atoms. The van der Waals surface area contributed by atoms with Crippen LogP contribution >= 0.6 is 22.6 Å². The van der Waals surface area contributed by atoms with Crippen molar-refractivity contribution in [1.29, 1.82) is 0 Å². The van der Waals surface area contributed by atoms with E-state index in [1.165, 1.54) is 12.3 Å². The highest BCUT2D eigenvalue weighted by Crippen LogP contribution is 2.11. The first kappa shape index (κ1) is 9.25. The summed E-state index contributed by atoms with van der Waals surface area (Å²) < 4.78 is 0.589. The lowest BCUT2D eigenvalue weighted by molar-refractivity contribution is 0.0696. The second-order valence-corrected chi connectivity index (χ2v) is 3.55. The third kappa shape index (κ3) is 1.65. The molecule has 70 valence electrons. The fraction of sp³-hybridized carbons (Fsp3) is 0. The van der Waals surface area contributed by atoms with E-state index < -0.39 is 5.97 Å². The van der Waals surface area contributed by atoms with E-state index in [-0.39, 0.29) is 5.56 Å². The van der Waals surface area contributed by atoms with Gasteiger partial charge in [0.1, 0.15) is 0 Å². The van der Waals surface area contributed by atoms with Crippen LogP contribution in [0.4, 0.5) is 0 Å². The maximum Gasteiger partial charge on any atom is 0.337 e. The van der Waals surface area contributed by atoms with Crippen LogP contribution in [0.3, 0.4) is 0 Å². The predicted octanol–water partition coefficient (Wildman–Crippen LogP) is 1.33. The summed E-state index contributed by atoms with van der Waals surface area (Å²) in [5.74, 6) is -1.00. The van der Waals surface area contributed by atoms with Crippen LogP contribution in [-0.2, 0) is 0 Å². The summed E-state index contributed by atoms with van der Waals surface area (Å²) in [4.78, 5) is 22.6. The second-order valence-electron chi connectivity index (χ2n) is 2.58. The number of pyridine rings is 1. The Kier molecular flexibility index (Phi) is 2.28. The fourth-order valence-electron chi connectivity index (χ4n) is 1.02. The molecule has 0 fully saturated rings. The maximum absolute atomic E-state index is 10.6. The molecule has 0 bridgehead atoms. The third-order valence-electron chi connectivity index (χ3n) is 1.65. The van der Waals surface area contributed by atoms with Gasteiger partial charge >= 0.3 is 5.97 Å². The molecular formula is C8H4IN3O2. The van der Waals surface area contributed by atoms with Gasteiger partial charge < -0.3 is 5.11 Å². The van der Waals surface area contributed by atoms with Gasteiger partial charge in [-0.15, -0.1) is 0 Å². The monoisotopic (exact) mass is 301 g/mol. The molecule has 0 radical (unpaired) electrons. The number of fused-ring (bicyclic) bond motifs is 1. The Morgan fingerprint density at radius 3 is 2.86 bits per heavy atom. The van der Waals surface area contributed by atoms with Crippen LogP contribution in [0.1, 0.15) is 10.4 Å². The summed E-state index contributed by atoms with van der Waals surface area (Å²) >= 11 is 1.97. The number of rotatable bonds is 1. The Balaban J connectivity index is 2.67. The van der Waals surface area contributed by atoms with E-state index in [9.17, 15) is 4.79 Å². The smallest absolute Gasteiger partial charge is 0.337 e. The van der Waals surface area contributed by atoms with E-state index in [0.29, 0.717) is 14.9 Å². The highest BCUT2D eigenvalue weighted by molar-refractivity contribution is 14.1. The molecule has 0 spiro atoms. The lowest BCUT2D eigenvalue weighted by Crippen LogP contribution is -1.98. The van der Waals surface area contributed by atoms with Crippen molar-refractivity contribution in [3.8, 4) is 0 Å². The molecule has 0 aliphatic heterocycles. The number of carboxylic acids is 1. The number of hydrogen-bond donors (Lipinski definition) is 1. The number of aromatic carboxylic acids is 1. The molecule has 0 aliphatic carbocycles. The average molecular weight is 301 g/mol. The van der Waals surface area contributed by atoms with Crippen LogP contribution in [0.25, 0.3) is 11.0 Å². The molecule has 5 nitrogen and oxygen atoms in total. The van der Waals surface area contributed by atoms with Gasteiger partial charge in [-0.25, -0.2) is 19.7 Å². The van der Waals surface area contributed by atoms with Crippen molar-refractivity contribution in [1.82, 2.24) is 15.0 Å². The van der Waals surface area contributed by atoms with Gasteiger partial charge in [0.15, 0.2) is 9.48 Å². The Morgan fingerprint density at radius 2 is 2.14 bits per heavy atom. The van der Waals surface area contributed by atoms with E-state index in [0.717, 1.165) is 0 Å². The van der Waals surface area contributed by atoms with Crippen LogP contribution in [0.5, 0.6) is 0 Å². The van der Waals surface area contributed by atoms with Crippen molar-refractivity contribution in [2.24, 2.45) is 0 Å². The van der Waals surface area contributed by atoms with Crippen molar-refractivity contribution in [3.05, 3.63) is 27.9 Å². The molecule has 2 aromatic rings. The number of carbonyl (C=O) groups is 1. The minimum Gasteiger partial charge on any atom is -0.478 e. The molecule has 2 aromatic heterocycles. The van der Waals surface area contributed by atoms with Crippen LogP contribution in [0.15, 0.2) is 18.5 Å². The van der Waals surface area contributed by atoms with Gasteiger partial charge in [-0.2, -0.15) is 0 Å². The Bertz CT molecular complexity index is 515. The lowest BCUT2D eigenvalue weighted by atomic mass is 10.2. The van der Waals surface area contributed by atoms with Crippen molar-refractivity contribution in [2.45, 2.75) is 0 Å². The Morgan fingerprint density at radius 1 is 1.36 bits per heavy atom. The molecule has 0 unspecified atom stereocenters. The largest absolute Gasteiger partial charge is 0.478 e. The van der Waals surface area contributed by atoms with Crippen LogP contribution in [0.2, 0.25) is 0 Å². The first-order valence-electron chi connectivity index (χ1n) is 3.68. The van der Waals surface area contributed by atoms with Gasteiger partial charge in [0, 0.05) is 40.4 Å². The van der Waals surface area contributed by atoms with Crippen molar-refractivity contribution in [2.75, 3.05) is 0 Å². The molecular weight excluding hydrogens is 297 g/mol. The van der Waals surface area contributed by atoms with Crippen molar-refractivity contribution < 1.29 is 9.90 Å². The molecule has 0 amide bonds. The molecule has 0 saturated heterocycles. The molecule has 1 N–H and O–H groups in total. The van der Waals surface area contributed by atoms with E-state index in [2.05, 4.69) is 15.0 Å². The zero-order valence-electron chi connectivity index (χ0n) is 6.81. The molecule has 2 rings (SSSR count). The number of nitrogens with zero attached hydrogens (tertiary/aromatic N) is 3. The van der Waals surface area contributed by atoms with Crippen LogP contribution in [-0.4, -0.2) is 26.0 Å². The van der Waals surface area contributed by atoms with E-state index in [1.807, 2.05) is 22.6 Å². The van der Waals surface area contributed by atoms with E-state index in [4.69, 9.17) is 5.11 Å². The Labute approximate surface area is 92.4 Å². The van der Waals surface area contributed by atoms with Gasteiger partial charge in [0.25, 0.3) is 0 Å². The molecule has 0 aliphatic rings. The van der Waals surface area contributed by atoms with Crippen LogP contribution in [0, 0.1) is 3.83 Å². The maximum atomic E-state index is 10.6. The number of aromatic nitrogens is 3. The zero-order chi connectivity index (χ0) is 10.1. The van der Waals surface area contributed by atoms with Gasteiger partial charge in [0.05, 0.1) is 5.56 Å². The Hall–Kier alpha value is -1.31. The first-order valence-corrected chi connectivity index (χ1v) is 4.76. The SMILES string of the molecule is O=C(O)c1cnc2nc(I)ncc2c1. The normalized spacial score (nSPS) is 10.4. The number of hydrogen-bond acceptors (Lipinski definition) is 4. The lowest BCUT2D eigenvalue weighted by Gasteiger charge is -1.97. The average Bonchev–Trinajstić information content (AvgIpc) is 2.16. The van der Waals surface area contributed by atoms with Gasteiger partial charge in [-0.05, 0) is 6.07 Å². The minimum absolute atomic E-state index is 0.141. The van der Waals surface area contributed by atoms with Crippen molar-refractivity contribution in [3.63, 3.8) is 0 Å². The molecule has 0 aromatic carbocycles. The first-order chi connectivity index (χ1) is 6.66. The number of halogens is 1. The predicted molar refractivity (Wildman–Crippen MR) is 57.0 cm³/mol. The van der Waals surface area contributed by atoms with Crippen molar-refractivity contribution >= 4 is 39.6 Å². The fourth-order valence-corrected chi connectivity index (χ4v) is 1.39. The number of carboxylic acid groups (broad SMARTS) is 1. The van der Waals surface area contributed by atoms with Gasteiger partial charge in [0.2, 0.25) is 0 Å². The molecule has 6 heteroatoms. The topological polar surface area (TPSA) is 76.0 Å². The highest BCUT2D eigenvalue weighted by atomic mass is 127. The van der Waals surface area contributed by atoms with Gasteiger partial charge in [-0.3, -0.25) is 0 Å². The quantitative estimate of drug-likeness (QED) is 0.635. The zero-order valence-corrected chi connectivity index (χ0v) is 8.96. The summed E-state index contributed by atoms with van der Waals surface area (Å²) in [6, 6.07) is 1.50. The molecule has 0 saturated carbocycles. The summed E-state index contributed by atoms with van der Waals surface area (Å²) in [6.07, 6.45) is 2.84. The van der Waals surface area contributed by atoms with Gasteiger partial charge in [-0.1, -0.05) is 0 Å².